The largest absolute Gasteiger partial charge is 0.466 e. The van der Waals surface area contributed by atoms with Gasteiger partial charge in [0.1, 0.15) is 5.76 Å². The number of hydrogen-bond acceptors (Lipinski definition) is 3. The highest BCUT2D eigenvalue weighted by Crippen LogP contribution is 2.30. The number of halogens is 2. The average Bonchev–Trinajstić information content (AvgIpc) is 2.64. The molecule has 78 valence electrons. The third-order valence-corrected chi connectivity index (χ3v) is 3.04. The van der Waals surface area contributed by atoms with Gasteiger partial charge in [-0.1, -0.05) is 11.6 Å². The lowest BCUT2D eigenvalue weighted by Crippen LogP contribution is -2.12. The third-order valence-electron chi connectivity index (χ3n) is 2.07. The number of nitrogens with zero attached hydrogens (tertiary/aromatic N) is 1. The minimum Gasteiger partial charge on any atom is -0.466 e. The summed E-state index contributed by atoms with van der Waals surface area (Å²) in [5, 5.41) is 0.535. The Morgan fingerprint density at radius 1 is 1.47 bits per heavy atom. The van der Waals surface area contributed by atoms with Crippen molar-refractivity contribution in [1.29, 1.82) is 0 Å². The summed E-state index contributed by atoms with van der Waals surface area (Å²) in [6.07, 6.45) is 4.79. The maximum Gasteiger partial charge on any atom is 0.139 e. The van der Waals surface area contributed by atoms with E-state index < -0.39 is 0 Å². The first-order chi connectivity index (χ1) is 7.20. The van der Waals surface area contributed by atoms with Crippen molar-refractivity contribution in [2.45, 2.75) is 6.04 Å². The van der Waals surface area contributed by atoms with E-state index in [2.05, 4.69) is 20.9 Å². The molecule has 0 spiro atoms. The van der Waals surface area contributed by atoms with Crippen LogP contribution in [0.2, 0.25) is 5.02 Å². The molecule has 0 saturated carbocycles. The summed E-state index contributed by atoms with van der Waals surface area (Å²) < 4.78 is 6.12. The second-order valence-corrected chi connectivity index (χ2v) is 4.27. The summed E-state index contributed by atoms with van der Waals surface area (Å²) >= 11 is 9.35. The van der Waals surface area contributed by atoms with Crippen LogP contribution in [0.4, 0.5) is 0 Å². The first-order valence-corrected chi connectivity index (χ1v) is 5.45. The highest BCUT2D eigenvalue weighted by molar-refractivity contribution is 9.10. The number of pyridine rings is 1. The molecule has 5 heteroatoms. The Morgan fingerprint density at radius 3 is 2.87 bits per heavy atom. The number of furan rings is 1. The molecule has 2 rings (SSSR count). The molecule has 0 amide bonds. The first kappa shape index (κ1) is 10.7. The molecule has 1 atom stereocenters. The van der Waals surface area contributed by atoms with Crippen LogP contribution in [0.1, 0.15) is 17.4 Å². The van der Waals surface area contributed by atoms with Crippen molar-refractivity contribution in [1.82, 2.24) is 4.98 Å². The molecule has 0 aliphatic carbocycles. The van der Waals surface area contributed by atoms with E-state index in [0.29, 0.717) is 10.8 Å². The minimum atomic E-state index is -0.384. The fourth-order valence-corrected chi connectivity index (χ4v) is 1.99. The van der Waals surface area contributed by atoms with Gasteiger partial charge in [0, 0.05) is 12.4 Å². The maximum absolute atomic E-state index is 6.03. The zero-order valence-corrected chi connectivity index (χ0v) is 9.99. The normalized spacial score (nSPS) is 12.7. The highest BCUT2D eigenvalue weighted by atomic mass is 79.9. The van der Waals surface area contributed by atoms with Crippen molar-refractivity contribution in [3.63, 3.8) is 0 Å². The molecule has 1 unspecified atom stereocenters. The lowest BCUT2D eigenvalue weighted by molar-refractivity contribution is 0.487. The van der Waals surface area contributed by atoms with Crippen molar-refractivity contribution in [2.75, 3.05) is 0 Å². The predicted octanol–water partition coefficient (Wildman–Crippen LogP) is 3.14. The molecule has 0 saturated heterocycles. The van der Waals surface area contributed by atoms with Crippen LogP contribution in [0, 0.1) is 0 Å². The Bertz CT molecular complexity index is 472. The second-order valence-electron chi connectivity index (χ2n) is 3.01. The van der Waals surface area contributed by atoms with Crippen LogP contribution in [0.5, 0.6) is 0 Å². The van der Waals surface area contributed by atoms with Crippen molar-refractivity contribution in [2.24, 2.45) is 5.73 Å². The van der Waals surface area contributed by atoms with Gasteiger partial charge in [0.15, 0.2) is 0 Å². The van der Waals surface area contributed by atoms with E-state index in [1.54, 1.807) is 30.8 Å². The maximum atomic E-state index is 6.03. The van der Waals surface area contributed by atoms with E-state index >= 15 is 0 Å². The van der Waals surface area contributed by atoms with Gasteiger partial charge < -0.3 is 10.2 Å². The zero-order valence-electron chi connectivity index (χ0n) is 7.65. The average molecular weight is 288 g/mol. The van der Waals surface area contributed by atoms with Crippen LogP contribution < -0.4 is 5.73 Å². The molecular weight excluding hydrogens is 279 g/mol. The van der Waals surface area contributed by atoms with Crippen molar-refractivity contribution < 1.29 is 4.42 Å². The summed E-state index contributed by atoms with van der Waals surface area (Å²) in [5.41, 5.74) is 6.82. The molecule has 2 aromatic heterocycles. The molecule has 0 bridgehead atoms. The second kappa shape index (κ2) is 4.35. The van der Waals surface area contributed by atoms with Crippen LogP contribution in [0.25, 0.3) is 0 Å². The smallest absolute Gasteiger partial charge is 0.139 e. The van der Waals surface area contributed by atoms with E-state index in [1.165, 1.54) is 0 Å². The van der Waals surface area contributed by atoms with Crippen molar-refractivity contribution in [3.05, 3.63) is 51.6 Å². The first-order valence-electron chi connectivity index (χ1n) is 4.28. The van der Waals surface area contributed by atoms with Gasteiger partial charge in [-0.2, -0.15) is 0 Å². The number of hydrogen-bond donors (Lipinski definition) is 1. The minimum absolute atomic E-state index is 0.384. The Labute approximate surface area is 100 Å². The zero-order chi connectivity index (χ0) is 10.8. The lowest BCUT2D eigenvalue weighted by Gasteiger charge is -2.11. The quantitative estimate of drug-likeness (QED) is 0.923. The van der Waals surface area contributed by atoms with Crippen LogP contribution in [-0.2, 0) is 0 Å². The van der Waals surface area contributed by atoms with Crippen molar-refractivity contribution in [3.8, 4) is 0 Å². The summed E-state index contributed by atoms with van der Waals surface area (Å²) in [4.78, 5) is 3.90. The molecule has 3 nitrogen and oxygen atoms in total. The number of nitrogens with two attached hydrogens (primary N) is 1. The standard InChI is InChI=1S/C10H8BrClN2O/c11-7-2-4-15-10(7)9(13)6-1-3-14-5-8(6)12/h1-5,9H,13H2. The van der Waals surface area contributed by atoms with E-state index in [0.717, 1.165) is 10.0 Å². The fourth-order valence-electron chi connectivity index (χ4n) is 1.31. The highest BCUT2D eigenvalue weighted by Gasteiger charge is 2.17. The lowest BCUT2D eigenvalue weighted by atomic mass is 10.1. The van der Waals surface area contributed by atoms with Crippen LogP contribution in [0.3, 0.4) is 0 Å². The third kappa shape index (κ3) is 2.07. The molecular formula is C10H8BrClN2O. The summed E-state index contributed by atoms with van der Waals surface area (Å²) in [7, 11) is 0. The molecule has 0 radical (unpaired) electrons. The monoisotopic (exact) mass is 286 g/mol. The van der Waals surface area contributed by atoms with E-state index in [9.17, 15) is 0 Å². The van der Waals surface area contributed by atoms with Crippen molar-refractivity contribution >= 4 is 27.5 Å². The van der Waals surface area contributed by atoms with Gasteiger partial charge in [-0.05, 0) is 33.6 Å². The predicted molar refractivity (Wildman–Crippen MR) is 61.7 cm³/mol. The molecule has 0 aromatic carbocycles. The Morgan fingerprint density at radius 2 is 2.27 bits per heavy atom. The Kier molecular flexibility index (Phi) is 3.09. The molecule has 2 heterocycles. The molecule has 2 N–H and O–H groups in total. The molecule has 15 heavy (non-hydrogen) atoms. The molecule has 0 aliphatic rings. The van der Waals surface area contributed by atoms with E-state index in [-0.39, 0.29) is 6.04 Å². The SMILES string of the molecule is NC(c1ccncc1Cl)c1occc1Br. The van der Waals surface area contributed by atoms with Gasteiger partial charge in [0.25, 0.3) is 0 Å². The van der Waals surface area contributed by atoms with Gasteiger partial charge in [-0.25, -0.2) is 0 Å². The van der Waals surface area contributed by atoms with Gasteiger partial charge in [-0.15, -0.1) is 0 Å². The van der Waals surface area contributed by atoms with Gasteiger partial charge in [-0.3, -0.25) is 4.98 Å². The molecule has 0 fully saturated rings. The van der Waals surface area contributed by atoms with E-state index in [1.807, 2.05) is 0 Å². The Balaban J connectivity index is 2.41. The summed E-state index contributed by atoms with van der Waals surface area (Å²) in [6.45, 7) is 0. The number of aromatic nitrogens is 1. The van der Waals surface area contributed by atoms with E-state index in [4.69, 9.17) is 21.8 Å². The summed E-state index contributed by atoms with van der Waals surface area (Å²) in [6, 6.07) is 3.19. The topological polar surface area (TPSA) is 52.0 Å². The summed E-state index contributed by atoms with van der Waals surface area (Å²) in [5.74, 6) is 0.656. The van der Waals surface area contributed by atoms with Crippen LogP contribution in [0.15, 0.2) is 39.7 Å². The molecule has 2 aromatic rings. The van der Waals surface area contributed by atoms with Crippen LogP contribution in [-0.4, -0.2) is 4.98 Å². The Hall–Kier alpha value is -0.840. The van der Waals surface area contributed by atoms with Gasteiger partial charge in [0.2, 0.25) is 0 Å². The van der Waals surface area contributed by atoms with Gasteiger partial charge in [0.05, 0.1) is 21.8 Å². The fraction of sp³-hybridized carbons (Fsp3) is 0.100. The number of rotatable bonds is 2. The van der Waals surface area contributed by atoms with Gasteiger partial charge >= 0.3 is 0 Å². The van der Waals surface area contributed by atoms with Crippen LogP contribution >= 0.6 is 27.5 Å². The molecule has 0 aliphatic heterocycles.